The molecule has 0 spiro atoms. The first-order valence-corrected chi connectivity index (χ1v) is 10.3. The van der Waals surface area contributed by atoms with Gasteiger partial charge in [0.25, 0.3) is 0 Å². The Labute approximate surface area is 182 Å². The number of nitrogen functional groups attached to an aromatic ring is 1. The van der Waals surface area contributed by atoms with Gasteiger partial charge in [0.1, 0.15) is 18.5 Å². The summed E-state index contributed by atoms with van der Waals surface area (Å²) in [5.74, 6) is -0.0837. The van der Waals surface area contributed by atoms with Crippen molar-refractivity contribution in [3.63, 3.8) is 0 Å². The van der Waals surface area contributed by atoms with Gasteiger partial charge in [0.2, 0.25) is 11.8 Å². The Morgan fingerprint density at radius 3 is 2.88 bits per heavy atom. The van der Waals surface area contributed by atoms with E-state index in [-0.39, 0.29) is 36.0 Å². The number of alkyl halides is 1. The zero-order chi connectivity index (χ0) is 22.4. The maximum absolute atomic E-state index is 15.2. The molecule has 1 fully saturated rings. The number of anilines is 2. The van der Waals surface area contributed by atoms with Crippen molar-refractivity contribution in [1.29, 1.82) is 0 Å². The van der Waals surface area contributed by atoms with E-state index in [4.69, 9.17) is 15.2 Å². The topological polar surface area (TPSA) is 111 Å². The van der Waals surface area contributed by atoms with E-state index >= 15 is 4.39 Å². The van der Waals surface area contributed by atoms with Crippen LogP contribution in [0.2, 0.25) is 0 Å². The van der Waals surface area contributed by atoms with E-state index in [0.29, 0.717) is 41.1 Å². The van der Waals surface area contributed by atoms with Crippen LogP contribution in [0.5, 0.6) is 11.8 Å². The average molecular weight is 441 g/mol. The number of benzene rings is 1. The zero-order valence-corrected chi connectivity index (χ0v) is 17.2. The molecule has 0 radical (unpaired) electrons. The van der Waals surface area contributed by atoms with Crippen molar-refractivity contribution in [3.05, 3.63) is 35.9 Å². The summed E-state index contributed by atoms with van der Waals surface area (Å²) < 4.78 is 38.9. The number of nitrogens with zero attached hydrogens (tertiary/aromatic N) is 2. The predicted molar refractivity (Wildman–Crippen MR) is 115 cm³/mol. The minimum absolute atomic E-state index is 0.0263. The van der Waals surface area contributed by atoms with Crippen LogP contribution in [0.25, 0.3) is 21.9 Å². The number of nitrogens with one attached hydrogen (secondary N) is 2. The fraction of sp³-hybridized carbons (Fsp3) is 0.318. The maximum Gasteiger partial charge on any atom is 0.414 e. The fourth-order valence-electron chi connectivity index (χ4n) is 3.98. The Hall–Kier alpha value is -3.69. The summed E-state index contributed by atoms with van der Waals surface area (Å²) in [4.78, 5) is 20.4. The summed E-state index contributed by atoms with van der Waals surface area (Å²) in [5, 5.41) is 6.75. The second-order valence-electron chi connectivity index (χ2n) is 7.95. The number of carbonyl (C=O) groups excluding carboxylic acids is 1. The van der Waals surface area contributed by atoms with Crippen molar-refractivity contribution in [2.75, 3.05) is 24.2 Å². The van der Waals surface area contributed by atoms with Crippen LogP contribution < -0.4 is 25.8 Å². The molecule has 8 nitrogen and oxygen atoms in total. The van der Waals surface area contributed by atoms with Crippen LogP contribution in [0, 0.1) is 12.7 Å². The third kappa shape index (κ3) is 3.51. The summed E-state index contributed by atoms with van der Waals surface area (Å²) in [6, 6.07) is 2.88. The molecule has 1 aliphatic heterocycles. The molecule has 2 aliphatic rings. The summed E-state index contributed by atoms with van der Waals surface area (Å²) in [6.07, 6.45) is 1.84. The number of hydrogen-bond acceptors (Lipinski definition) is 7. The Kier molecular flexibility index (Phi) is 4.91. The number of rotatable bonds is 3. The summed E-state index contributed by atoms with van der Waals surface area (Å²) in [6.45, 7) is 2.99. The Bertz CT molecular complexity index is 1230. The average Bonchev–Trinajstić information content (AvgIpc) is 2.76. The highest BCUT2D eigenvalue weighted by atomic mass is 19.1. The van der Waals surface area contributed by atoms with E-state index < -0.39 is 18.1 Å². The number of nitrogens with two attached hydrogens (primary N) is 1. The van der Waals surface area contributed by atoms with Gasteiger partial charge in [0, 0.05) is 47.6 Å². The highest BCUT2D eigenvalue weighted by Gasteiger charge is 2.30. The van der Waals surface area contributed by atoms with Gasteiger partial charge in [-0.1, -0.05) is 0 Å². The van der Waals surface area contributed by atoms with Crippen LogP contribution in [-0.2, 0) is 0 Å². The number of amides is 1. The van der Waals surface area contributed by atoms with Crippen LogP contribution in [0.15, 0.2) is 24.5 Å². The first-order valence-electron chi connectivity index (χ1n) is 10.3. The van der Waals surface area contributed by atoms with E-state index in [1.807, 2.05) is 6.92 Å². The van der Waals surface area contributed by atoms with Crippen LogP contribution in [0.4, 0.5) is 25.0 Å². The summed E-state index contributed by atoms with van der Waals surface area (Å²) >= 11 is 0. The molecule has 0 saturated heterocycles. The first-order chi connectivity index (χ1) is 15.4. The monoisotopic (exact) mass is 441 g/mol. The molecule has 2 aromatic heterocycles. The van der Waals surface area contributed by atoms with Gasteiger partial charge in [-0.25, -0.2) is 23.5 Å². The van der Waals surface area contributed by atoms with E-state index in [1.54, 1.807) is 12.3 Å². The van der Waals surface area contributed by atoms with Crippen molar-refractivity contribution in [3.8, 4) is 22.9 Å². The molecule has 0 atom stereocenters. The smallest absolute Gasteiger partial charge is 0.414 e. The lowest BCUT2D eigenvalue weighted by atomic mass is 9.91. The largest absolute Gasteiger partial charge is 0.474 e. The zero-order valence-electron chi connectivity index (χ0n) is 17.2. The Morgan fingerprint density at radius 1 is 1.28 bits per heavy atom. The lowest BCUT2D eigenvalue weighted by molar-refractivity contribution is 0.142. The molecule has 3 aromatic rings. The van der Waals surface area contributed by atoms with Crippen LogP contribution >= 0.6 is 0 Å². The highest BCUT2D eigenvalue weighted by molar-refractivity contribution is 5.98. The fourth-order valence-corrected chi connectivity index (χ4v) is 3.98. The Balaban J connectivity index is 1.49. The SMILES string of the molecule is Cc1c(-c2cc3cc(OC(=O)NC4CC(F)C4)ncc3c(N)c2F)cnc2c1NCCO2. The van der Waals surface area contributed by atoms with E-state index in [0.717, 1.165) is 5.56 Å². The standard InChI is InChI=1S/C22H21F2N5O3/c1-10-15(8-28-21-20(10)26-2-3-31-21)14-4-11-5-17(27-9-16(11)19(25)18(14)24)32-22(30)29-13-6-12(23)7-13/h4-5,8-9,12-13,26H,2-3,6-7,25H2,1H3,(H,29,30). The van der Waals surface area contributed by atoms with Crippen LogP contribution in [-0.4, -0.2) is 41.4 Å². The number of fused-ring (bicyclic) bond motifs is 2. The number of ether oxygens (including phenoxy) is 2. The minimum Gasteiger partial charge on any atom is -0.474 e. The molecule has 5 rings (SSSR count). The van der Waals surface area contributed by atoms with Gasteiger partial charge >= 0.3 is 6.09 Å². The normalized spacial score (nSPS) is 19.3. The molecule has 166 valence electrons. The third-order valence-electron chi connectivity index (χ3n) is 5.81. The summed E-state index contributed by atoms with van der Waals surface area (Å²) in [7, 11) is 0. The minimum atomic E-state index is -0.890. The van der Waals surface area contributed by atoms with E-state index in [9.17, 15) is 9.18 Å². The van der Waals surface area contributed by atoms with Crippen LogP contribution in [0.1, 0.15) is 18.4 Å². The molecular weight excluding hydrogens is 420 g/mol. The number of halogens is 2. The molecular formula is C22H21F2N5O3. The van der Waals surface area contributed by atoms with E-state index in [2.05, 4.69) is 20.6 Å². The quantitative estimate of drug-likeness (QED) is 0.531. The molecule has 3 heterocycles. The predicted octanol–water partition coefficient (Wildman–Crippen LogP) is 3.72. The molecule has 10 heteroatoms. The molecule has 0 unspecified atom stereocenters. The first kappa shape index (κ1) is 20.2. The van der Waals surface area contributed by atoms with Crippen molar-refractivity contribution in [1.82, 2.24) is 15.3 Å². The number of aromatic nitrogens is 2. The van der Waals surface area contributed by atoms with E-state index in [1.165, 1.54) is 12.3 Å². The number of hydrogen-bond donors (Lipinski definition) is 3. The van der Waals surface area contributed by atoms with Gasteiger partial charge in [-0.05, 0) is 36.8 Å². The third-order valence-corrected chi connectivity index (χ3v) is 5.81. The number of carbonyl (C=O) groups is 1. The molecule has 0 bridgehead atoms. The lowest BCUT2D eigenvalue weighted by Gasteiger charge is -2.29. The maximum atomic E-state index is 15.2. The molecule has 4 N–H and O–H groups in total. The van der Waals surface area contributed by atoms with Crippen molar-refractivity contribution in [2.24, 2.45) is 0 Å². The van der Waals surface area contributed by atoms with Gasteiger partial charge in [-0.3, -0.25) is 0 Å². The molecule has 32 heavy (non-hydrogen) atoms. The van der Waals surface area contributed by atoms with Crippen molar-refractivity contribution < 1.29 is 23.0 Å². The van der Waals surface area contributed by atoms with Gasteiger partial charge < -0.3 is 25.8 Å². The second-order valence-corrected chi connectivity index (χ2v) is 7.95. The molecule has 1 aliphatic carbocycles. The molecule has 1 aromatic carbocycles. The second kappa shape index (κ2) is 7.77. The van der Waals surface area contributed by atoms with Gasteiger partial charge in [-0.2, -0.15) is 0 Å². The highest BCUT2D eigenvalue weighted by Crippen LogP contribution is 2.39. The summed E-state index contributed by atoms with van der Waals surface area (Å²) in [5.41, 5.74) is 8.33. The number of pyridine rings is 2. The Morgan fingerprint density at radius 2 is 2.09 bits per heavy atom. The van der Waals surface area contributed by atoms with Crippen molar-refractivity contribution in [2.45, 2.75) is 32.0 Å². The molecule has 1 amide bonds. The van der Waals surface area contributed by atoms with Gasteiger partial charge in [-0.15, -0.1) is 0 Å². The lowest BCUT2D eigenvalue weighted by Crippen LogP contribution is -2.46. The molecule has 1 saturated carbocycles. The van der Waals surface area contributed by atoms with Crippen molar-refractivity contribution >= 4 is 28.2 Å². The van der Waals surface area contributed by atoms with Gasteiger partial charge in [0.15, 0.2) is 5.82 Å². The van der Waals surface area contributed by atoms with Gasteiger partial charge in [0.05, 0.1) is 5.69 Å². The van der Waals surface area contributed by atoms with Crippen LogP contribution in [0.3, 0.4) is 0 Å².